The highest BCUT2D eigenvalue weighted by Crippen LogP contribution is 2.17. The molecule has 1 aromatic carbocycles. The smallest absolute Gasteiger partial charge is 0.410 e. The zero-order valence-corrected chi connectivity index (χ0v) is 16.0. The topological polar surface area (TPSA) is 59.1 Å². The summed E-state index contributed by atoms with van der Waals surface area (Å²) < 4.78 is 11.0. The molecular weight excluding hydrogens is 344 g/mol. The molecule has 0 aromatic heterocycles. The summed E-state index contributed by atoms with van der Waals surface area (Å²) in [5.41, 5.74) is 0.951. The molecule has 1 aromatic rings. The van der Waals surface area contributed by atoms with Gasteiger partial charge in [0.15, 0.2) is 0 Å². The Balaban J connectivity index is 1.54. The van der Waals surface area contributed by atoms with E-state index in [0.29, 0.717) is 26.2 Å². The fraction of sp³-hybridized carbons (Fsp3) is 0.619. The van der Waals surface area contributed by atoms with Crippen LogP contribution in [0, 0.1) is 0 Å². The molecule has 0 bridgehead atoms. The summed E-state index contributed by atoms with van der Waals surface area (Å²) in [6.07, 6.45) is 5.71. The molecule has 2 fully saturated rings. The Labute approximate surface area is 161 Å². The number of morpholine rings is 1. The molecule has 1 unspecified atom stereocenters. The van der Waals surface area contributed by atoms with E-state index in [2.05, 4.69) is 0 Å². The summed E-state index contributed by atoms with van der Waals surface area (Å²) in [6.45, 7) is 3.22. The van der Waals surface area contributed by atoms with Gasteiger partial charge in [0.05, 0.1) is 19.3 Å². The molecular formula is C21H30N2O4. The number of hydrogen-bond donors (Lipinski definition) is 0. The monoisotopic (exact) mass is 374 g/mol. The molecule has 1 atom stereocenters. The van der Waals surface area contributed by atoms with E-state index >= 15 is 0 Å². The summed E-state index contributed by atoms with van der Waals surface area (Å²) >= 11 is 0. The highest BCUT2D eigenvalue weighted by Gasteiger charge is 2.31. The summed E-state index contributed by atoms with van der Waals surface area (Å²) in [4.78, 5) is 29.0. The van der Waals surface area contributed by atoms with E-state index in [1.165, 1.54) is 19.3 Å². The van der Waals surface area contributed by atoms with Gasteiger partial charge >= 0.3 is 6.09 Å². The molecule has 0 radical (unpaired) electrons. The second kappa shape index (κ2) is 10.3. The Hall–Kier alpha value is -2.08. The number of carbonyl (C=O) groups is 2. The summed E-state index contributed by atoms with van der Waals surface area (Å²) in [7, 11) is 0. The van der Waals surface area contributed by atoms with E-state index in [4.69, 9.17) is 9.47 Å². The average molecular weight is 374 g/mol. The van der Waals surface area contributed by atoms with Crippen LogP contribution in [-0.4, -0.2) is 60.7 Å². The normalized spacial score (nSPS) is 21.3. The molecule has 2 aliphatic heterocycles. The Morgan fingerprint density at radius 2 is 1.70 bits per heavy atom. The maximum absolute atomic E-state index is 12.8. The first-order valence-electron chi connectivity index (χ1n) is 10.1. The van der Waals surface area contributed by atoms with Crippen molar-refractivity contribution in [2.24, 2.45) is 0 Å². The van der Waals surface area contributed by atoms with E-state index in [1.54, 1.807) is 4.90 Å². The number of likely N-dealkylation sites (tertiary alicyclic amines) is 1. The van der Waals surface area contributed by atoms with Crippen molar-refractivity contribution in [2.75, 3.05) is 32.8 Å². The quantitative estimate of drug-likeness (QED) is 0.812. The summed E-state index contributed by atoms with van der Waals surface area (Å²) in [5, 5.41) is 0. The Morgan fingerprint density at radius 3 is 2.44 bits per heavy atom. The van der Waals surface area contributed by atoms with Crippen LogP contribution in [0.1, 0.15) is 44.1 Å². The second-order valence-corrected chi connectivity index (χ2v) is 7.31. The largest absolute Gasteiger partial charge is 0.445 e. The Morgan fingerprint density at radius 1 is 1.00 bits per heavy atom. The average Bonchev–Trinajstić information content (AvgIpc) is 2.67. The second-order valence-electron chi connectivity index (χ2n) is 7.31. The van der Waals surface area contributed by atoms with Gasteiger partial charge in [0.2, 0.25) is 5.91 Å². The maximum Gasteiger partial charge on any atom is 0.410 e. The van der Waals surface area contributed by atoms with Crippen molar-refractivity contribution in [3.8, 4) is 0 Å². The summed E-state index contributed by atoms with van der Waals surface area (Å²) in [6, 6.07) is 9.37. The lowest BCUT2D eigenvalue weighted by atomic mass is 10.1. The predicted octanol–water partition coefficient (Wildman–Crippen LogP) is 3.21. The number of carbonyl (C=O) groups excluding carboxylic acids is 2. The van der Waals surface area contributed by atoms with Crippen LogP contribution in [0.4, 0.5) is 4.79 Å². The minimum absolute atomic E-state index is 0.119. The summed E-state index contributed by atoms with van der Waals surface area (Å²) in [5.74, 6) is 0.119. The molecule has 27 heavy (non-hydrogen) atoms. The SMILES string of the molecule is O=C(CC1COCCN1C(=O)OCc1ccccc1)N1CCCCCCC1. The van der Waals surface area contributed by atoms with Crippen LogP contribution >= 0.6 is 0 Å². The molecule has 2 heterocycles. The Bertz CT molecular complexity index is 599. The fourth-order valence-corrected chi connectivity index (χ4v) is 3.69. The number of hydrogen-bond acceptors (Lipinski definition) is 4. The third-order valence-electron chi connectivity index (χ3n) is 5.29. The van der Waals surface area contributed by atoms with Crippen molar-refractivity contribution in [3.05, 3.63) is 35.9 Å². The first-order chi connectivity index (χ1) is 13.2. The molecule has 6 nitrogen and oxygen atoms in total. The van der Waals surface area contributed by atoms with Crippen LogP contribution in [0.15, 0.2) is 30.3 Å². The lowest BCUT2D eigenvalue weighted by Gasteiger charge is -2.35. The third kappa shape index (κ3) is 5.96. The molecule has 0 aliphatic carbocycles. The van der Waals surface area contributed by atoms with E-state index < -0.39 is 0 Å². The molecule has 3 rings (SSSR count). The van der Waals surface area contributed by atoms with Crippen LogP contribution < -0.4 is 0 Å². The van der Waals surface area contributed by atoms with Gasteiger partial charge in [-0.15, -0.1) is 0 Å². The van der Waals surface area contributed by atoms with Crippen molar-refractivity contribution < 1.29 is 19.1 Å². The van der Waals surface area contributed by atoms with Gasteiger partial charge in [-0.3, -0.25) is 4.79 Å². The number of amides is 2. The van der Waals surface area contributed by atoms with Gasteiger partial charge in [-0.05, 0) is 18.4 Å². The zero-order valence-electron chi connectivity index (χ0n) is 16.0. The van der Waals surface area contributed by atoms with Gasteiger partial charge in [0.1, 0.15) is 6.61 Å². The van der Waals surface area contributed by atoms with E-state index in [0.717, 1.165) is 31.5 Å². The van der Waals surface area contributed by atoms with Gasteiger partial charge in [0.25, 0.3) is 0 Å². The third-order valence-corrected chi connectivity index (χ3v) is 5.29. The van der Waals surface area contributed by atoms with Crippen molar-refractivity contribution in [1.29, 1.82) is 0 Å². The van der Waals surface area contributed by atoms with Gasteiger partial charge in [-0.25, -0.2) is 4.79 Å². The molecule has 2 amide bonds. The van der Waals surface area contributed by atoms with E-state index in [-0.39, 0.29) is 24.6 Å². The number of benzene rings is 1. The molecule has 0 spiro atoms. The van der Waals surface area contributed by atoms with Crippen LogP contribution in [-0.2, 0) is 20.9 Å². The standard InChI is InChI=1S/C21H30N2O4/c24-20(22-11-7-2-1-3-8-12-22)15-19-17-26-14-13-23(19)21(25)27-16-18-9-5-4-6-10-18/h4-6,9-10,19H,1-3,7-8,11-17H2. The lowest BCUT2D eigenvalue weighted by molar-refractivity contribution is -0.134. The highest BCUT2D eigenvalue weighted by atomic mass is 16.6. The van der Waals surface area contributed by atoms with Crippen molar-refractivity contribution in [2.45, 2.75) is 51.2 Å². The first-order valence-corrected chi connectivity index (χ1v) is 10.1. The van der Waals surface area contributed by atoms with Crippen LogP contribution in [0.25, 0.3) is 0 Å². The predicted molar refractivity (Wildman–Crippen MR) is 102 cm³/mol. The van der Waals surface area contributed by atoms with E-state index in [9.17, 15) is 9.59 Å². The van der Waals surface area contributed by atoms with Crippen LogP contribution in [0.2, 0.25) is 0 Å². The van der Waals surface area contributed by atoms with Gasteiger partial charge in [-0.2, -0.15) is 0 Å². The number of ether oxygens (including phenoxy) is 2. The molecule has 2 saturated heterocycles. The van der Waals surface area contributed by atoms with Gasteiger partial charge in [0, 0.05) is 26.1 Å². The fourth-order valence-electron chi connectivity index (χ4n) is 3.69. The van der Waals surface area contributed by atoms with Crippen LogP contribution in [0.3, 0.4) is 0 Å². The highest BCUT2D eigenvalue weighted by molar-refractivity contribution is 5.78. The molecule has 0 saturated carbocycles. The van der Waals surface area contributed by atoms with Crippen molar-refractivity contribution in [1.82, 2.24) is 9.80 Å². The van der Waals surface area contributed by atoms with Gasteiger partial charge < -0.3 is 19.3 Å². The molecule has 0 N–H and O–H groups in total. The minimum Gasteiger partial charge on any atom is -0.445 e. The van der Waals surface area contributed by atoms with Crippen LogP contribution in [0.5, 0.6) is 0 Å². The molecule has 148 valence electrons. The van der Waals surface area contributed by atoms with Crippen molar-refractivity contribution in [3.63, 3.8) is 0 Å². The molecule has 6 heteroatoms. The lowest BCUT2D eigenvalue weighted by Crippen LogP contribution is -2.51. The van der Waals surface area contributed by atoms with Crippen molar-refractivity contribution >= 4 is 12.0 Å². The maximum atomic E-state index is 12.8. The number of rotatable bonds is 4. The minimum atomic E-state index is -0.368. The zero-order chi connectivity index (χ0) is 18.9. The number of nitrogens with zero attached hydrogens (tertiary/aromatic N) is 2. The first kappa shape index (κ1) is 19.7. The molecule has 2 aliphatic rings. The van der Waals surface area contributed by atoms with Gasteiger partial charge in [-0.1, -0.05) is 49.6 Å². The Kier molecular flexibility index (Phi) is 7.51. The van der Waals surface area contributed by atoms with E-state index in [1.807, 2.05) is 35.2 Å².